The van der Waals surface area contributed by atoms with Gasteiger partial charge in [0.2, 0.25) is 0 Å². The second kappa shape index (κ2) is 7.13. The molecule has 110 valence electrons. The van der Waals surface area contributed by atoms with Gasteiger partial charge in [0.15, 0.2) is 5.96 Å². The normalized spacial score (nSPS) is 24.6. The van der Waals surface area contributed by atoms with Crippen LogP contribution < -0.4 is 11.1 Å². The Hall–Kier alpha value is -0.770. The summed E-state index contributed by atoms with van der Waals surface area (Å²) in [5.74, 6) is 0.632. The number of nitrogens with two attached hydrogens (primary N) is 1. The van der Waals surface area contributed by atoms with Crippen LogP contribution in [0.3, 0.4) is 0 Å². The van der Waals surface area contributed by atoms with E-state index >= 15 is 0 Å². The summed E-state index contributed by atoms with van der Waals surface area (Å²) in [5, 5.41) is 3.36. The number of ether oxygens (including phenoxy) is 1. The molecular weight excluding hydrogens is 238 g/mol. The molecule has 2 aliphatic carbocycles. The Bertz CT molecular complexity index is 286. The molecular formula is C15H29N3O. The van der Waals surface area contributed by atoms with Gasteiger partial charge in [-0.05, 0) is 25.7 Å². The molecule has 2 rings (SSSR count). The molecule has 0 bridgehead atoms. The highest BCUT2D eigenvalue weighted by molar-refractivity contribution is 5.78. The van der Waals surface area contributed by atoms with Crippen molar-refractivity contribution in [2.75, 3.05) is 20.3 Å². The highest BCUT2D eigenvalue weighted by atomic mass is 16.5. The minimum Gasteiger partial charge on any atom is -0.384 e. The van der Waals surface area contributed by atoms with Crippen molar-refractivity contribution in [3.63, 3.8) is 0 Å². The highest BCUT2D eigenvalue weighted by Gasteiger charge is 2.32. The molecule has 19 heavy (non-hydrogen) atoms. The number of methoxy groups -OCH3 is 1. The number of rotatable bonds is 5. The summed E-state index contributed by atoms with van der Waals surface area (Å²) in [6.45, 7) is 1.62. The van der Waals surface area contributed by atoms with E-state index in [4.69, 9.17) is 10.5 Å². The lowest BCUT2D eigenvalue weighted by atomic mass is 9.75. The zero-order valence-electron chi connectivity index (χ0n) is 12.3. The maximum atomic E-state index is 6.02. The van der Waals surface area contributed by atoms with Gasteiger partial charge in [-0.1, -0.05) is 32.1 Å². The lowest BCUT2D eigenvalue weighted by Crippen LogP contribution is -2.40. The standard InChI is InChI=1S/C15H29N3O/c1-19-12-15(9-5-2-6-10-15)11-17-14(16)18-13-7-3-4-8-13/h13H,2-12H2,1H3,(H3,16,17,18). The molecule has 3 N–H and O–H groups in total. The molecule has 0 radical (unpaired) electrons. The fraction of sp³-hybridized carbons (Fsp3) is 0.933. The maximum absolute atomic E-state index is 6.02. The molecule has 4 heteroatoms. The van der Waals surface area contributed by atoms with E-state index in [1.807, 2.05) is 0 Å². The van der Waals surface area contributed by atoms with Crippen molar-refractivity contribution in [1.29, 1.82) is 0 Å². The molecule has 0 heterocycles. The van der Waals surface area contributed by atoms with E-state index < -0.39 is 0 Å². The van der Waals surface area contributed by atoms with E-state index in [0.717, 1.165) is 13.2 Å². The Labute approximate surface area is 117 Å². The van der Waals surface area contributed by atoms with Crippen LogP contribution in [-0.2, 0) is 4.74 Å². The second-order valence-corrected chi connectivity index (χ2v) is 6.32. The second-order valence-electron chi connectivity index (χ2n) is 6.32. The van der Waals surface area contributed by atoms with Gasteiger partial charge in [0.05, 0.1) is 13.2 Å². The molecule has 0 aromatic rings. The van der Waals surface area contributed by atoms with Crippen molar-refractivity contribution >= 4 is 5.96 Å². The summed E-state index contributed by atoms with van der Waals surface area (Å²) in [5.41, 5.74) is 6.25. The quantitative estimate of drug-likeness (QED) is 0.594. The van der Waals surface area contributed by atoms with Gasteiger partial charge in [0.25, 0.3) is 0 Å². The first-order valence-corrected chi connectivity index (χ1v) is 7.79. The van der Waals surface area contributed by atoms with Gasteiger partial charge < -0.3 is 15.8 Å². The van der Waals surface area contributed by atoms with Gasteiger partial charge in [-0.15, -0.1) is 0 Å². The third kappa shape index (κ3) is 4.37. The van der Waals surface area contributed by atoms with Crippen LogP contribution in [0.1, 0.15) is 57.8 Å². The Balaban J connectivity index is 1.85. The molecule has 0 atom stereocenters. The number of nitrogens with one attached hydrogen (secondary N) is 1. The Kier molecular flexibility index (Phi) is 5.49. The molecule has 0 aromatic heterocycles. The number of nitrogens with zero attached hydrogens (tertiary/aromatic N) is 1. The zero-order valence-corrected chi connectivity index (χ0v) is 12.3. The predicted octanol–water partition coefficient (Wildman–Crippen LogP) is 2.43. The fourth-order valence-electron chi connectivity index (χ4n) is 3.53. The van der Waals surface area contributed by atoms with Crippen molar-refractivity contribution in [3.05, 3.63) is 0 Å². The average Bonchev–Trinajstić information content (AvgIpc) is 2.91. The molecule has 4 nitrogen and oxygen atoms in total. The largest absolute Gasteiger partial charge is 0.384 e. The third-order valence-corrected chi connectivity index (χ3v) is 4.66. The third-order valence-electron chi connectivity index (χ3n) is 4.66. The van der Waals surface area contributed by atoms with Crippen LogP contribution in [-0.4, -0.2) is 32.3 Å². The van der Waals surface area contributed by atoms with Gasteiger partial charge in [-0.2, -0.15) is 0 Å². The van der Waals surface area contributed by atoms with Crippen molar-refractivity contribution in [1.82, 2.24) is 5.32 Å². The molecule has 0 saturated heterocycles. The van der Waals surface area contributed by atoms with E-state index in [1.54, 1.807) is 7.11 Å². The zero-order chi connectivity index (χ0) is 13.6. The van der Waals surface area contributed by atoms with Crippen LogP contribution >= 0.6 is 0 Å². The summed E-state index contributed by atoms with van der Waals surface area (Å²) in [4.78, 5) is 4.61. The van der Waals surface area contributed by atoms with E-state index in [-0.39, 0.29) is 5.41 Å². The summed E-state index contributed by atoms with van der Waals surface area (Å²) in [7, 11) is 1.79. The molecule has 2 saturated carbocycles. The predicted molar refractivity (Wildman–Crippen MR) is 79.3 cm³/mol. The summed E-state index contributed by atoms with van der Waals surface area (Å²) in [6, 6.07) is 0.550. The van der Waals surface area contributed by atoms with Gasteiger partial charge in [-0.3, -0.25) is 4.99 Å². The van der Waals surface area contributed by atoms with Crippen molar-refractivity contribution in [2.45, 2.75) is 63.8 Å². The minimum atomic E-state index is 0.231. The molecule has 0 amide bonds. The van der Waals surface area contributed by atoms with Crippen LogP contribution in [0.4, 0.5) is 0 Å². The van der Waals surface area contributed by atoms with E-state index in [2.05, 4.69) is 10.3 Å². The van der Waals surface area contributed by atoms with E-state index in [9.17, 15) is 0 Å². The van der Waals surface area contributed by atoms with Gasteiger partial charge in [-0.25, -0.2) is 0 Å². The average molecular weight is 267 g/mol. The smallest absolute Gasteiger partial charge is 0.188 e. The van der Waals surface area contributed by atoms with Gasteiger partial charge >= 0.3 is 0 Å². The first-order valence-electron chi connectivity index (χ1n) is 7.79. The van der Waals surface area contributed by atoms with Crippen molar-refractivity contribution < 1.29 is 4.74 Å². The lowest BCUT2D eigenvalue weighted by molar-refractivity contribution is 0.0555. The summed E-state index contributed by atoms with van der Waals surface area (Å²) >= 11 is 0. The van der Waals surface area contributed by atoms with E-state index in [1.165, 1.54) is 57.8 Å². The van der Waals surface area contributed by atoms with Crippen LogP contribution in [0.5, 0.6) is 0 Å². The van der Waals surface area contributed by atoms with Gasteiger partial charge in [0, 0.05) is 18.6 Å². The first-order chi connectivity index (χ1) is 9.24. The van der Waals surface area contributed by atoms with Crippen LogP contribution in [0.2, 0.25) is 0 Å². The molecule has 2 fully saturated rings. The topological polar surface area (TPSA) is 59.6 Å². The highest BCUT2D eigenvalue weighted by Crippen LogP contribution is 2.36. The summed E-state index contributed by atoms with van der Waals surface area (Å²) < 4.78 is 5.42. The van der Waals surface area contributed by atoms with Crippen molar-refractivity contribution in [3.8, 4) is 0 Å². The van der Waals surface area contributed by atoms with Crippen LogP contribution in [0, 0.1) is 5.41 Å². The van der Waals surface area contributed by atoms with E-state index in [0.29, 0.717) is 12.0 Å². The summed E-state index contributed by atoms with van der Waals surface area (Å²) in [6.07, 6.45) is 11.5. The SMILES string of the molecule is COCC1(CN=C(N)NC2CCCC2)CCCCC1. The monoisotopic (exact) mass is 267 g/mol. The van der Waals surface area contributed by atoms with Crippen LogP contribution in [0.15, 0.2) is 4.99 Å². The molecule has 0 unspecified atom stereocenters. The molecule has 0 aliphatic heterocycles. The molecule has 0 aromatic carbocycles. The lowest BCUT2D eigenvalue weighted by Gasteiger charge is -2.35. The Morgan fingerprint density at radius 1 is 1.21 bits per heavy atom. The molecule has 0 spiro atoms. The van der Waals surface area contributed by atoms with Gasteiger partial charge in [0.1, 0.15) is 0 Å². The van der Waals surface area contributed by atoms with Crippen LogP contribution in [0.25, 0.3) is 0 Å². The number of guanidine groups is 1. The molecule has 2 aliphatic rings. The number of aliphatic imine (C=N–C) groups is 1. The number of hydrogen-bond donors (Lipinski definition) is 2. The Morgan fingerprint density at radius 2 is 1.89 bits per heavy atom. The fourth-order valence-corrected chi connectivity index (χ4v) is 3.53. The Morgan fingerprint density at radius 3 is 2.53 bits per heavy atom. The minimum absolute atomic E-state index is 0.231. The first kappa shape index (κ1) is 14.6. The number of hydrogen-bond acceptors (Lipinski definition) is 2. The van der Waals surface area contributed by atoms with Crippen molar-refractivity contribution in [2.24, 2.45) is 16.1 Å². The maximum Gasteiger partial charge on any atom is 0.188 e.